The van der Waals surface area contributed by atoms with Gasteiger partial charge in [-0.1, -0.05) is 11.2 Å². The summed E-state index contributed by atoms with van der Waals surface area (Å²) < 4.78 is 5.12. The molecule has 0 radical (unpaired) electrons. The number of aryl methyl sites for hydroxylation is 3. The number of amides is 1. The number of thiophene rings is 1. The predicted molar refractivity (Wildman–Crippen MR) is 96.3 cm³/mol. The summed E-state index contributed by atoms with van der Waals surface area (Å²) in [4.78, 5) is 19.0. The minimum absolute atomic E-state index is 0.0282. The van der Waals surface area contributed by atoms with Crippen molar-refractivity contribution in [3.05, 3.63) is 45.1 Å². The summed E-state index contributed by atoms with van der Waals surface area (Å²) >= 11 is 3.32. The SMILES string of the molecule is Cc1nc(-c2cccs2)sc1CNC(=O)CCc1c(C)noc1C. The van der Waals surface area contributed by atoms with Gasteiger partial charge in [0, 0.05) is 16.9 Å². The fraction of sp³-hybridized carbons (Fsp3) is 0.353. The van der Waals surface area contributed by atoms with E-state index in [1.807, 2.05) is 32.2 Å². The largest absolute Gasteiger partial charge is 0.361 e. The lowest BCUT2D eigenvalue weighted by atomic mass is 10.1. The van der Waals surface area contributed by atoms with Crippen molar-refractivity contribution in [1.29, 1.82) is 0 Å². The van der Waals surface area contributed by atoms with Gasteiger partial charge in [0.1, 0.15) is 10.8 Å². The highest BCUT2D eigenvalue weighted by Crippen LogP contribution is 2.30. The Morgan fingerprint density at radius 3 is 2.79 bits per heavy atom. The van der Waals surface area contributed by atoms with Crippen LogP contribution in [0, 0.1) is 20.8 Å². The summed E-state index contributed by atoms with van der Waals surface area (Å²) in [6.45, 7) is 6.28. The van der Waals surface area contributed by atoms with Crippen LogP contribution in [0.3, 0.4) is 0 Å². The molecular weight excluding hydrogens is 342 g/mol. The Labute approximate surface area is 148 Å². The molecule has 0 aliphatic heterocycles. The lowest BCUT2D eigenvalue weighted by molar-refractivity contribution is -0.121. The smallest absolute Gasteiger partial charge is 0.220 e. The number of nitrogens with one attached hydrogen (secondary N) is 1. The molecule has 0 saturated heterocycles. The first kappa shape index (κ1) is 16.9. The van der Waals surface area contributed by atoms with Crippen LogP contribution in [0.1, 0.15) is 34.0 Å². The highest BCUT2D eigenvalue weighted by atomic mass is 32.1. The van der Waals surface area contributed by atoms with Crippen molar-refractivity contribution >= 4 is 28.6 Å². The molecule has 7 heteroatoms. The van der Waals surface area contributed by atoms with E-state index in [0.717, 1.165) is 32.6 Å². The van der Waals surface area contributed by atoms with Gasteiger partial charge in [0.05, 0.1) is 22.8 Å². The number of carbonyl (C=O) groups is 1. The van der Waals surface area contributed by atoms with Gasteiger partial charge in [0.2, 0.25) is 5.91 Å². The van der Waals surface area contributed by atoms with E-state index < -0.39 is 0 Å². The number of carbonyl (C=O) groups excluding carboxylic acids is 1. The van der Waals surface area contributed by atoms with E-state index in [1.165, 1.54) is 4.88 Å². The summed E-state index contributed by atoms with van der Waals surface area (Å²) in [5, 5.41) is 9.96. The number of hydrogen-bond acceptors (Lipinski definition) is 6. The van der Waals surface area contributed by atoms with Crippen LogP contribution in [0.15, 0.2) is 22.0 Å². The van der Waals surface area contributed by atoms with E-state index in [9.17, 15) is 4.79 Å². The molecule has 0 atom stereocenters. The Hall–Kier alpha value is -1.99. The maximum atomic E-state index is 12.1. The molecule has 3 heterocycles. The van der Waals surface area contributed by atoms with Crippen LogP contribution < -0.4 is 5.32 Å². The maximum absolute atomic E-state index is 12.1. The van der Waals surface area contributed by atoms with Crippen molar-refractivity contribution in [3.63, 3.8) is 0 Å². The molecule has 1 N–H and O–H groups in total. The second-order valence-corrected chi connectivity index (χ2v) is 7.62. The Morgan fingerprint density at radius 2 is 2.12 bits per heavy atom. The molecule has 0 fully saturated rings. The van der Waals surface area contributed by atoms with Crippen molar-refractivity contribution < 1.29 is 9.32 Å². The van der Waals surface area contributed by atoms with Crippen LogP contribution in [0.5, 0.6) is 0 Å². The second-order valence-electron chi connectivity index (χ2n) is 5.58. The van der Waals surface area contributed by atoms with Gasteiger partial charge in [-0.2, -0.15) is 0 Å². The highest BCUT2D eigenvalue weighted by molar-refractivity contribution is 7.21. The molecule has 24 heavy (non-hydrogen) atoms. The van der Waals surface area contributed by atoms with Crippen LogP contribution in [0.4, 0.5) is 0 Å². The van der Waals surface area contributed by atoms with E-state index in [4.69, 9.17) is 4.52 Å². The Bertz CT molecular complexity index is 815. The molecular formula is C17H19N3O2S2. The Morgan fingerprint density at radius 1 is 1.29 bits per heavy atom. The number of aromatic nitrogens is 2. The molecule has 0 bridgehead atoms. The minimum atomic E-state index is 0.0282. The fourth-order valence-electron chi connectivity index (χ4n) is 2.46. The zero-order chi connectivity index (χ0) is 17.1. The van der Waals surface area contributed by atoms with Crippen molar-refractivity contribution in [2.24, 2.45) is 0 Å². The van der Waals surface area contributed by atoms with Crippen LogP contribution in [-0.4, -0.2) is 16.0 Å². The van der Waals surface area contributed by atoms with Gasteiger partial charge >= 0.3 is 0 Å². The van der Waals surface area contributed by atoms with Gasteiger partial charge in [0.25, 0.3) is 0 Å². The fourth-order valence-corrected chi connectivity index (χ4v) is 4.26. The van der Waals surface area contributed by atoms with Gasteiger partial charge < -0.3 is 9.84 Å². The number of rotatable bonds is 6. The zero-order valence-corrected chi connectivity index (χ0v) is 15.5. The standard InChI is InChI=1S/C17H19N3O2S2/c1-10-13(12(3)22-20-10)6-7-16(21)18-9-15-11(2)19-17(24-15)14-5-4-8-23-14/h4-5,8H,6-7,9H2,1-3H3,(H,18,21). The van der Waals surface area contributed by atoms with Crippen molar-refractivity contribution in [2.45, 2.75) is 40.2 Å². The first-order chi connectivity index (χ1) is 11.5. The lowest BCUT2D eigenvalue weighted by Crippen LogP contribution is -2.23. The van der Waals surface area contributed by atoms with Gasteiger partial charge in [-0.25, -0.2) is 4.98 Å². The number of thiazole rings is 1. The third-order valence-electron chi connectivity index (χ3n) is 3.85. The summed E-state index contributed by atoms with van der Waals surface area (Å²) in [7, 11) is 0. The van der Waals surface area contributed by atoms with Crippen molar-refractivity contribution in [3.8, 4) is 9.88 Å². The quantitative estimate of drug-likeness (QED) is 0.720. The average Bonchev–Trinajstić information content (AvgIpc) is 3.26. The van der Waals surface area contributed by atoms with Gasteiger partial charge in [-0.05, 0) is 38.6 Å². The maximum Gasteiger partial charge on any atom is 0.220 e. The Kier molecular flexibility index (Phi) is 5.11. The molecule has 0 unspecified atom stereocenters. The lowest BCUT2D eigenvalue weighted by Gasteiger charge is -2.04. The monoisotopic (exact) mass is 361 g/mol. The van der Waals surface area contributed by atoms with Crippen LogP contribution in [0.2, 0.25) is 0 Å². The average molecular weight is 361 g/mol. The van der Waals surface area contributed by atoms with Crippen LogP contribution in [-0.2, 0) is 17.8 Å². The molecule has 0 saturated carbocycles. The molecule has 126 valence electrons. The molecule has 1 amide bonds. The minimum Gasteiger partial charge on any atom is -0.361 e. The molecule has 0 aliphatic carbocycles. The summed E-state index contributed by atoms with van der Waals surface area (Å²) in [6.07, 6.45) is 1.08. The third-order valence-corrected chi connectivity index (χ3v) is 6.05. The number of hydrogen-bond donors (Lipinski definition) is 1. The van der Waals surface area contributed by atoms with Gasteiger partial charge in [-0.3, -0.25) is 4.79 Å². The first-order valence-corrected chi connectivity index (χ1v) is 9.43. The van der Waals surface area contributed by atoms with E-state index in [1.54, 1.807) is 22.7 Å². The van der Waals surface area contributed by atoms with Crippen molar-refractivity contribution in [1.82, 2.24) is 15.5 Å². The predicted octanol–water partition coefficient (Wildman–Crippen LogP) is 4.03. The van der Waals surface area contributed by atoms with Gasteiger partial charge in [0.15, 0.2) is 0 Å². The van der Waals surface area contributed by atoms with E-state index in [2.05, 4.69) is 21.5 Å². The Balaban J connectivity index is 1.55. The first-order valence-electron chi connectivity index (χ1n) is 7.73. The van der Waals surface area contributed by atoms with E-state index in [0.29, 0.717) is 19.4 Å². The van der Waals surface area contributed by atoms with E-state index in [-0.39, 0.29) is 5.91 Å². The molecule has 0 aromatic carbocycles. The molecule has 0 spiro atoms. The van der Waals surface area contributed by atoms with Crippen LogP contribution in [0.25, 0.3) is 9.88 Å². The van der Waals surface area contributed by atoms with Crippen molar-refractivity contribution in [2.75, 3.05) is 0 Å². The molecule has 0 aliphatic rings. The zero-order valence-electron chi connectivity index (χ0n) is 13.9. The third kappa shape index (κ3) is 3.73. The number of nitrogens with zero attached hydrogens (tertiary/aromatic N) is 2. The molecule has 3 aromatic rings. The summed E-state index contributed by atoms with van der Waals surface area (Å²) in [6, 6.07) is 4.09. The topological polar surface area (TPSA) is 68.0 Å². The molecule has 3 rings (SSSR count). The van der Waals surface area contributed by atoms with Gasteiger partial charge in [-0.15, -0.1) is 22.7 Å². The van der Waals surface area contributed by atoms with Crippen LogP contribution >= 0.6 is 22.7 Å². The van der Waals surface area contributed by atoms with E-state index >= 15 is 0 Å². The summed E-state index contributed by atoms with van der Waals surface area (Å²) in [5.74, 6) is 0.819. The second kappa shape index (κ2) is 7.27. The summed E-state index contributed by atoms with van der Waals surface area (Å²) in [5.41, 5.74) is 2.87. The molecule has 3 aromatic heterocycles. The highest BCUT2D eigenvalue weighted by Gasteiger charge is 2.13. The normalized spacial score (nSPS) is 11.0. The molecule has 5 nitrogen and oxygen atoms in total.